The van der Waals surface area contributed by atoms with E-state index in [1.165, 1.54) is 5.56 Å². The first-order chi connectivity index (χ1) is 8.24. The minimum absolute atomic E-state index is 0.0379. The molecular weight excluding hydrogens is 212 g/mol. The maximum absolute atomic E-state index is 12.1. The highest BCUT2D eigenvalue weighted by Gasteiger charge is 2.30. The lowest BCUT2D eigenvalue weighted by Gasteiger charge is -2.23. The van der Waals surface area contributed by atoms with Crippen LogP contribution in [0.2, 0.25) is 0 Å². The third-order valence-electron chi connectivity index (χ3n) is 3.23. The number of carbonyl (C=O) groups is 1. The molecule has 1 aromatic carbocycles. The fourth-order valence-corrected chi connectivity index (χ4v) is 2.33. The van der Waals surface area contributed by atoms with Crippen LogP contribution in [0.1, 0.15) is 32.3 Å². The van der Waals surface area contributed by atoms with Crippen LogP contribution < -0.4 is 10.2 Å². The van der Waals surface area contributed by atoms with Gasteiger partial charge in [0.2, 0.25) is 0 Å². The number of benzene rings is 1. The minimum Gasteiger partial charge on any atom is -0.338 e. The fourth-order valence-electron chi connectivity index (χ4n) is 2.33. The van der Waals surface area contributed by atoms with Crippen LogP contribution in [0.4, 0.5) is 10.5 Å². The summed E-state index contributed by atoms with van der Waals surface area (Å²) in [6, 6.07) is 8.45. The van der Waals surface area contributed by atoms with Gasteiger partial charge < -0.3 is 5.32 Å². The van der Waals surface area contributed by atoms with E-state index in [9.17, 15) is 4.79 Å². The Kier molecular flexibility index (Phi) is 3.67. The van der Waals surface area contributed by atoms with Gasteiger partial charge in [0.1, 0.15) is 0 Å². The number of unbranched alkanes of at least 4 members (excludes halogenated alkanes) is 1. The van der Waals surface area contributed by atoms with Gasteiger partial charge in [-0.2, -0.15) is 0 Å². The van der Waals surface area contributed by atoms with Crippen molar-refractivity contribution in [2.24, 2.45) is 0 Å². The summed E-state index contributed by atoms with van der Waals surface area (Å²) < 4.78 is 0. The van der Waals surface area contributed by atoms with Gasteiger partial charge in [0.15, 0.2) is 0 Å². The van der Waals surface area contributed by atoms with Gasteiger partial charge in [0, 0.05) is 18.3 Å². The molecule has 1 N–H and O–H groups in total. The van der Waals surface area contributed by atoms with Crippen molar-refractivity contribution in [3.63, 3.8) is 0 Å². The SMILES string of the molecule is CCCCNC(=O)N1c2ccccc2C[C@H]1C. The van der Waals surface area contributed by atoms with Crippen LogP contribution >= 0.6 is 0 Å². The number of carbonyl (C=O) groups excluding carboxylic acids is 1. The van der Waals surface area contributed by atoms with Gasteiger partial charge in [-0.1, -0.05) is 31.5 Å². The summed E-state index contributed by atoms with van der Waals surface area (Å²) in [5, 5.41) is 2.98. The van der Waals surface area contributed by atoms with Crippen LogP contribution in [0, 0.1) is 0 Å². The van der Waals surface area contributed by atoms with E-state index in [0.717, 1.165) is 31.5 Å². The molecule has 3 heteroatoms. The van der Waals surface area contributed by atoms with Crippen LogP contribution in [-0.2, 0) is 6.42 Å². The molecule has 1 aliphatic heterocycles. The highest BCUT2D eigenvalue weighted by molar-refractivity contribution is 5.94. The quantitative estimate of drug-likeness (QED) is 0.798. The molecule has 2 rings (SSSR count). The van der Waals surface area contributed by atoms with Crippen molar-refractivity contribution in [3.8, 4) is 0 Å². The van der Waals surface area contributed by atoms with Crippen LogP contribution in [0.3, 0.4) is 0 Å². The second kappa shape index (κ2) is 5.21. The van der Waals surface area contributed by atoms with Crippen LogP contribution in [-0.4, -0.2) is 18.6 Å². The molecule has 3 nitrogen and oxygen atoms in total. The molecule has 0 radical (unpaired) electrons. The highest BCUT2D eigenvalue weighted by Crippen LogP contribution is 2.31. The molecule has 2 amide bonds. The summed E-state index contributed by atoms with van der Waals surface area (Å²) in [6.45, 7) is 4.99. The Morgan fingerprint density at radius 1 is 1.47 bits per heavy atom. The van der Waals surface area contributed by atoms with Crippen molar-refractivity contribution < 1.29 is 4.79 Å². The first-order valence-corrected chi connectivity index (χ1v) is 6.39. The predicted molar refractivity (Wildman–Crippen MR) is 70.4 cm³/mol. The van der Waals surface area contributed by atoms with Crippen molar-refractivity contribution >= 4 is 11.7 Å². The van der Waals surface area contributed by atoms with Gasteiger partial charge in [-0.25, -0.2) is 4.79 Å². The zero-order chi connectivity index (χ0) is 12.3. The second-order valence-corrected chi connectivity index (χ2v) is 4.64. The van der Waals surface area contributed by atoms with E-state index in [1.54, 1.807) is 0 Å². The smallest absolute Gasteiger partial charge is 0.322 e. The summed E-state index contributed by atoms with van der Waals surface area (Å²) in [5.74, 6) is 0. The van der Waals surface area contributed by atoms with Crippen LogP contribution in [0.5, 0.6) is 0 Å². The zero-order valence-corrected chi connectivity index (χ0v) is 10.6. The van der Waals surface area contributed by atoms with Crippen LogP contribution in [0.15, 0.2) is 24.3 Å². The number of anilines is 1. The van der Waals surface area contributed by atoms with E-state index in [1.807, 2.05) is 23.1 Å². The summed E-state index contributed by atoms with van der Waals surface area (Å²) >= 11 is 0. The lowest BCUT2D eigenvalue weighted by atomic mass is 10.1. The molecule has 0 spiro atoms. The number of nitrogens with zero attached hydrogens (tertiary/aromatic N) is 1. The molecular formula is C14H20N2O. The molecule has 0 aliphatic carbocycles. The predicted octanol–water partition coefficient (Wildman–Crippen LogP) is 2.95. The van der Waals surface area contributed by atoms with Crippen LogP contribution in [0.25, 0.3) is 0 Å². The number of rotatable bonds is 3. The second-order valence-electron chi connectivity index (χ2n) is 4.64. The third-order valence-corrected chi connectivity index (χ3v) is 3.23. The topological polar surface area (TPSA) is 32.3 Å². The van der Waals surface area contributed by atoms with Crippen molar-refractivity contribution in [3.05, 3.63) is 29.8 Å². The van der Waals surface area contributed by atoms with Crippen molar-refractivity contribution in [1.29, 1.82) is 0 Å². The molecule has 17 heavy (non-hydrogen) atoms. The molecule has 0 saturated carbocycles. The van der Waals surface area contributed by atoms with E-state index in [2.05, 4.69) is 25.2 Å². The number of hydrogen-bond donors (Lipinski definition) is 1. The number of para-hydroxylation sites is 1. The van der Waals surface area contributed by atoms with Gasteiger partial charge in [0.25, 0.3) is 0 Å². The average molecular weight is 232 g/mol. The Morgan fingerprint density at radius 3 is 3.00 bits per heavy atom. The normalized spacial score (nSPS) is 18.0. The Balaban J connectivity index is 2.08. The molecule has 0 aromatic heterocycles. The molecule has 92 valence electrons. The van der Waals surface area contributed by atoms with Crippen molar-refractivity contribution in [1.82, 2.24) is 5.32 Å². The fraction of sp³-hybridized carbons (Fsp3) is 0.500. The van der Waals surface area contributed by atoms with Gasteiger partial charge in [-0.05, 0) is 31.4 Å². The average Bonchev–Trinajstić information content (AvgIpc) is 2.65. The van der Waals surface area contributed by atoms with E-state index in [0.29, 0.717) is 0 Å². The zero-order valence-electron chi connectivity index (χ0n) is 10.6. The molecule has 1 atom stereocenters. The van der Waals surface area contributed by atoms with Gasteiger partial charge >= 0.3 is 6.03 Å². The number of hydrogen-bond acceptors (Lipinski definition) is 1. The van der Waals surface area contributed by atoms with Crippen molar-refractivity contribution in [2.75, 3.05) is 11.4 Å². The molecule has 1 aromatic rings. The molecule has 0 bridgehead atoms. The Labute approximate surface area is 103 Å². The van der Waals surface area contributed by atoms with Gasteiger partial charge in [-0.15, -0.1) is 0 Å². The highest BCUT2D eigenvalue weighted by atomic mass is 16.2. The number of urea groups is 1. The maximum atomic E-state index is 12.1. The van der Waals surface area contributed by atoms with E-state index in [-0.39, 0.29) is 12.1 Å². The summed E-state index contributed by atoms with van der Waals surface area (Å²) in [4.78, 5) is 14.0. The van der Waals surface area contributed by atoms with E-state index >= 15 is 0 Å². The monoisotopic (exact) mass is 232 g/mol. The third kappa shape index (κ3) is 2.43. The standard InChI is InChI=1S/C14H20N2O/c1-3-4-9-15-14(17)16-11(2)10-12-7-5-6-8-13(12)16/h5-8,11H,3-4,9-10H2,1-2H3,(H,15,17)/t11-/m1/s1. The Bertz CT molecular complexity index is 403. The summed E-state index contributed by atoms with van der Waals surface area (Å²) in [7, 11) is 0. The van der Waals surface area contributed by atoms with Gasteiger partial charge in [0.05, 0.1) is 0 Å². The summed E-state index contributed by atoms with van der Waals surface area (Å²) in [6.07, 6.45) is 3.10. The number of amides is 2. The molecule has 0 unspecified atom stereocenters. The molecule has 1 heterocycles. The molecule has 1 aliphatic rings. The molecule has 0 saturated heterocycles. The lowest BCUT2D eigenvalue weighted by molar-refractivity contribution is 0.245. The van der Waals surface area contributed by atoms with E-state index in [4.69, 9.17) is 0 Å². The Hall–Kier alpha value is -1.51. The largest absolute Gasteiger partial charge is 0.338 e. The maximum Gasteiger partial charge on any atom is 0.322 e. The first kappa shape index (κ1) is 12.0. The molecule has 0 fully saturated rings. The summed E-state index contributed by atoms with van der Waals surface area (Å²) in [5.41, 5.74) is 2.33. The Morgan fingerprint density at radius 2 is 2.24 bits per heavy atom. The van der Waals surface area contributed by atoms with E-state index < -0.39 is 0 Å². The number of fused-ring (bicyclic) bond motifs is 1. The van der Waals surface area contributed by atoms with Gasteiger partial charge in [-0.3, -0.25) is 4.90 Å². The first-order valence-electron chi connectivity index (χ1n) is 6.39. The van der Waals surface area contributed by atoms with Crippen molar-refractivity contribution in [2.45, 2.75) is 39.2 Å². The lowest BCUT2D eigenvalue weighted by Crippen LogP contribution is -2.43. The number of nitrogens with one attached hydrogen (secondary N) is 1. The minimum atomic E-state index is 0.0379.